The van der Waals surface area contributed by atoms with E-state index >= 15 is 0 Å². The van der Waals surface area contributed by atoms with Crippen molar-refractivity contribution >= 4 is 23.8 Å². The first-order chi connectivity index (χ1) is 15.2. The maximum atomic E-state index is 12.2. The van der Waals surface area contributed by atoms with Gasteiger partial charge in [0.25, 0.3) is 0 Å². The van der Waals surface area contributed by atoms with Crippen molar-refractivity contribution in [3.8, 4) is 0 Å². The molecule has 1 aliphatic rings. The summed E-state index contributed by atoms with van der Waals surface area (Å²) in [6, 6.07) is 0. The molecule has 3 rings (SSSR count). The Morgan fingerprint density at radius 3 is 1.47 bits per heavy atom. The Labute approximate surface area is 180 Å². The van der Waals surface area contributed by atoms with Crippen molar-refractivity contribution in [2.24, 2.45) is 14.1 Å². The van der Waals surface area contributed by atoms with E-state index in [2.05, 4.69) is 9.97 Å². The molecule has 0 aromatic carbocycles. The Morgan fingerprint density at radius 2 is 1.19 bits per heavy atom. The molecule has 32 heavy (non-hydrogen) atoms. The van der Waals surface area contributed by atoms with Crippen LogP contribution in [0.1, 0.15) is 11.6 Å². The third-order valence-corrected chi connectivity index (χ3v) is 4.94. The van der Waals surface area contributed by atoms with Crippen LogP contribution in [-0.4, -0.2) is 77.1 Å². The lowest BCUT2D eigenvalue weighted by atomic mass is 10.3. The van der Waals surface area contributed by atoms with Crippen LogP contribution in [0.5, 0.6) is 0 Å². The molecule has 0 unspecified atom stereocenters. The topological polar surface area (TPSA) is 181 Å². The summed E-state index contributed by atoms with van der Waals surface area (Å²) in [5, 5.41) is 21.7. The van der Waals surface area contributed by atoms with E-state index in [-0.39, 0.29) is 62.7 Å². The van der Waals surface area contributed by atoms with Gasteiger partial charge in [-0.25, -0.2) is 28.7 Å². The molecule has 0 atom stereocenters. The highest BCUT2D eigenvalue weighted by Gasteiger charge is 2.27. The van der Waals surface area contributed by atoms with Gasteiger partial charge in [0.1, 0.15) is 12.4 Å². The van der Waals surface area contributed by atoms with Crippen molar-refractivity contribution in [2.45, 2.75) is 13.2 Å². The van der Waals surface area contributed by atoms with E-state index in [1.807, 2.05) is 0 Å². The van der Waals surface area contributed by atoms with Crippen LogP contribution in [0.2, 0.25) is 0 Å². The van der Waals surface area contributed by atoms with Gasteiger partial charge in [0, 0.05) is 26.2 Å². The second-order valence-electron chi connectivity index (χ2n) is 6.78. The van der Waals surface area contributed by atoms with Crippen LogP contribution in [-0.2, 0) is 36.8 Å². The number of piperazine rings is 1. The summed E-state index contributed by atoms with van der Waals surface area (Å²) in [5.74, 6) is 0.00946. The van der Waals surface area contributed by atoms with E-state index in [1.54, 1.807) is 0 Å². The maximum absolute atomic E-state index is 12.2. The lowest BCUT2D eigenvalue weighted by molar-refractivity contribution is -0.392. The normalized spacial score (nSPS) is 13.7. The van der Waals surface area contributed by atoms with Gasteiger partial charge in [-0.1, -0.05) is 0 Å². The Kier molecular flexibility index (Phi) is 6.50. The zero-order valence-electron chi connectivity index (χ0n) is 17.2. The molecule has 1 fully saturated rings. The van der Waals surface area contributed by atoms with Crippen LogP contribution in [0.15, 0.2) is 12.4 Å². The van der Waals surface area contributed by atoms with Crippen molar-refractivity contribution in [1.82, 2.24) is 28.9 Å². The van der Waals surface area contributed by atoms with Crippen molar-refractivity contribution in [3.63, 3.8) is 0 Å². The van der Waals surface area contributed by atoms with Crippen LogP contribution in [0.4, 0.5) is 21.2 Å². The predicted octanol–water partition coefficient (Wildman–Crippen LogP) is 0.561. The highest BCUT2D eigenvalue weighted by Crippen LogP contribution is 2.15. The van der Waals surface area contributed by atoms with Crippen LogP contribution in [0.25, 0.3) is 0 Å². The second-order valence-corrected chi connectivity index (χ2v) is 6.78. The molecule has 0 bridgehead atoms. The number of hydrogen-bond donors (Lipinski definition) is 0. The molecule has 0 saturated carbocycles. The predicted molar refractivity (Wildman–Crippen MR) is 103 cm³/mol. The van der Waals surface area contributed by atoms with Gasteiger partial charge in [0.05, 0.1) is 14.1 Å². The number of ether oxygens (including phenoxy) is 2. The number of carbonyl (C=O) groups excluding carboxylic acids is 2. The first kappa shape index (κ1) is 22.4. The van der Waals surface area contributed by atoms with E-state index in [0.29, 0.717) is 0 Å². The van der Waals surface area contributed by atoms with E-state index in [0.717, 1.165) is 12.4 Å². The van der Waals surface area contributed by atoms with E-state index in [4.69, 9.17) is 9.47 Å². The average Bonchev–Trinajstić information content (AvgIpc) is 3.32. The molecule has 3 heterocycles. The van der Waals surface area contributed by atoms with Crippen LogP contribution in [0.3, 0.4) is 0 Å². The molecular weight excluding hydrogens is 432 g/mol. The SMILES string of the molecule is Cn1c([N+](=O)[O-])cnc1COC(=O)N1CCN(C(=O)OCc2ncc([N+](=O)[O-])n2C)CC1. The molecule has 0 radical (unpaired) electrons. The Bertz CT molecular complexity index is 957. The molecule has 2 aromatic rings. The van der Waals surface area contributed by atoms with Gasteiger partial charge in [-0.2, -0.15) is 0 Å². The third-order valence-electron chi connectivity index (χ3n) is 4.94. The van der Waals surface area contributed by atoms with Crippen LogP contribution >= 0.6 is 0 Å². The van der Waals surface area contributed by atoms with Gasteiger partial charge in [-0.15, -0.1) is 0 Å². The number of carbonyl (C=O) groups is 2. The van der Waals surface area contributed by atoms with E-state index in [9.17, 15) is 29.8 Å². The largest absolute Gasteiger partial charge is 0.439 e. The standard InChI is InChI=1S/C16H20N8O8/c1-19-11(17-7-13(19)23(27)28)9-31-15(25)21-3-5-22(6-4-21)16(26)32-10-12-18-8-14(20(12)2)24(29)30/h7-8H,3-6,9-10H2,1-2H3. The summed E-state index contributed by atoms with van der Waals surface area (Å²) in [4.78, 5) is 55.5. The molecule has 1 aliphatic heterocycles. The summed E-state index contributed by atoms with van der Waals surface area (Å²) in [5.41, 5.74) is 0. The van der Waals surface area contributed by atoms with Gasteiger partial charge in [0.15, 0.2) is 13.2 Å². The zero-order valence-corrected chi connectivity index (χ0v) is 17.2. The van der Waals surface area contributed by atoms with Crippen molar-refractivity contribution in [3.05, 3.63) is 44.3 Å². The highest BCUT2D eigenvalue weighted by molar-refractivity contribution is 5.70. The van der Waals surface area contributed by atoms with Crippen LogP contribution < -0.4 is 0 Å². The molecular formula is C16H20N8O8. The van der Waals surface area contributed by atoms with Gasteiger partial charge < -0.3 is 39.5 Å². The van der Waals surface area contributed by atoms with E-state index in [1.165, 1.54) is 33.0 Å². The zero-order chi connectivity index (χ0) is 23.4. The molecule has 172 valence electrons. The fraction of sp³-hybridized carbons (Fsp3) is 0.500. The number of nitrogens with zero attached hydrogens (tertiary/aromatic N) is 8. The first-order valence-corrected chi connectivity index (χ1v) is 9.32. The molecule has 2 amide bonds. The Hall–Kier alpha value is -4.24. The molecule has 16 heteroatoms. The third kappa shape index (κ3) is 4.73. The number of amides is 2. The minimum absolute atomic E-state index is 0.197. The summed E-state index contributed by atoms with van der Waals surface area (Å²) in [7, 11) is 2.89. The summed E-state index contributed by atoms with van der Waals surface area (Å²) >= 11 is 0. The number of rotatable bonds is 6. The summed E-state index contributed by atoms with van der Waals surface area (Å²) in [6.45, 7) is 0.318. The smallest absolute Gasteiger partial charge is 0.410 e. The lowest BCUT2D eigenvalue weighted by Gasteiger charge is -2.33. The molecule has 0 aliphatic carbocycles. The minimum atomic E-state index is -0.635. The minimum Gasteiger partial charge on any atom is -0.439 e. The quantitative estimate of drug-likeness (QED) is 0.443. The fourth-order valence-corrected chi connectivity index (χ4v) is 2.99. The molecule has 1 saturated heterocycles. The molecule has 0 N–H and O–H groups in total. The van der Waals surface area contributed by atoms with Crippen molar-refractivity contribution in [1.29, 1.82) is 0 Å². The summed E-state index contributed by atoms with van der Waals surface area (Å²) < 4.78 is 12.8. The van der Waals surface area contributed by atoms with Gasteiger partial charge in [0.2, 0.25) is 11.6 Å². The first-order valence-electron chi connectivity index (χ1n) is 9.32. The van der Waals surface area contributed by atoms with E-state index < -0.39 is 22.0 Å². The second kappa shape index (κ2) is 9.27. The summed E-state index contributed by atoms with van der Waals surface area (Å²) in [6.07, 6.45) is 0.890. The Balaban J connectivity index is 1.44. The highest BCUT2D eigenvalue weighted by atomic mass is 16.6. The molecule has 0 spiro atoms. The lowest BCUT2D eigenvalue weighted by Crippen LogP contribution is -2.50. The van der Waals surface area contributed by atoms with Gasteiger partial charge in [-0.05, 0) is 9.85 Å². The Morgan fingerprint density at radius 1 is 0.844 bits per heavy atom. The molecule has 2 aromatic heterocycles. The number of nitro groups is 2. The average molecular weight is 452 g/mol. The van der Waals surface area contributed by atoms with Crippen molar-refractivity contribution < 1.29 is 28.9 Å². The monoisotopic (exact) mass is 452 g/mol. The van der Waals surface area contributed by atoms with Gasteiger partial charge in [-0.3, -0.25) is 0 Å². The number of hydrogen-bond acceptors (Lipinski definition) is 10. The number of imidazole rings is 2. The van der Waals surface area contributed by atoms with Crippen molar-refractivity contribution in [2.75, 3.05) is 26.2 Å². The fourth-order valence-electron chi connectivity index (χ4n) is 2.99. The maximum Gasteiger partial charge on any atom is 0.410 e. The number of aromatic nitrogens is 4. The van der Waals surface area contributed by atoms with Gasteiger partial charge >= 0.3 is 23.8 Å². The molecule has 16 nitrogen and oxygen atoms in total. The van der Waals surface area contributed by atoms with Crippen LogP contribution in [0, 0.1) is 20.2 Å².